The average Bonchev–Trinajstić information content (AvgIpc) is 3.11. The van der Waals surface area contributed by atoms with Crippen molar-refractivity contribution in [2.24, 2.45) is 17.8 Å². The molecule has 2 aromatic rings. The number of rotatable bonds is 2. The molecular weight excluding hydrogens is 262 g/mol. The van der Waals surface area contributed by atoms with Gasteiger partial charge in [0.05, 0.1) is 0 Å². The van der Waals surface area contributed by atoms with Crippen LogP contribution in [0.4, 0.5) is 5.69 Å². The molecule has 2 saturated carbocycles. The first kappa shape index (κ1) is 12.7. The Bertz CT molecular complexity index is 709. The molecule has 2 aliphatic carbocycles. The van der Waals surface area contributed by atoms with Crippen molar-refractivity contribution in [1.82, 2.24) is 0 Å². The Hall–Kier alpha value is -2.03. The Labute approximate surface area is 124 Å². The number of fused-ring (bicyclic) bond motifs is 3. The Balaban J connectivity index is 1.63. The van der Waals surface area contributed by atoms with Crippen molar-refractivity contribution in [3.63, 3.8) is 0 Å². The van der Waals surface area contributed by atoms with Crippen LogP contribution in [0.25, 0.3) is 10.8 Å². The maximum atomic E-state index is 12.6. The van der Waals surface area contributed by atoms with E-state index in [2.05, 4.69) is 5.32 Å². The molecule has 3 atom stereocenters. The smallest absolute Gasteiger partial charge is 0.227 e. The summed E-state index contributed by atoms with van der Waals surface area (Å²) < 4.78 is 0. The number of aromatic hydroxyl groups is 1. The molecule has 2 bridgehead atoms. The van der Waals surface area contributed by atoms with E-state index >= 15 is 0 Å². The third kappa shape index (κ3) is 2.08. The Morgan fingerprint density at radius 3 is 2.62 bits per heavy atom. The summed E-state index contributed by atoms with van der Waals surface area (Å²) in [5.41, 5.74) is 0.802. The minimum absolute atomic E-state index is 0.151. The predicted octanol–water partition coefficient (Wildman–Crippen LogP) is 3.92. The van der Waals surface area contributed by atoms with Crippen LogP contribution in [0.5, 0.6) is 5.75 Å². The minimum atomic E-state index is 0.151. The van der Waals surface area contributed by atoms with E-state index in [1.807, 2.05) is 30.3 Å². The first-order valence-electron chi connectivity index (χ1n) is 7.74. The fourth-order valence-electron chi connectivity index (χ4n) is 4.19. The van der Waals surface area contributed by atoms with Crippen LogP contribution in [-0.2, 0) is 4.79 Å². The molecule has 0 saturated heterocycles. The van der Waals surface area contributed by atoms with Gasteiger partial charge in [-0.1, -0.05) is 30.7 Å². The summed E-state index contributed by atoms with van der Waals surface area (Å²) in [5.74, 6) is 1.93. The molecule has 0 heterocycles. The summed E-state index contributed by atoms with van der Waals surface area (Å²) in [5, 5.41) is 14.7. The van der Waals surface area contributed by atoms with E-state index in [0.29, 0.717) is 5.92 Å². The molecule has 3 heteroatoms. The van der Waals surface area contributed by atoms with Crippen molar-refractivity contribution >= 4 is 22.4 Å². The SMILES string of the molecule is O=C(Nc1cccc2c(O)cccc12)C1CC2CCC1C2. The molecule has 108 valence electrons. The molecule has 0 radical (unpaired) electrons. The van der Waals surface area contributed by atoms with Crippen LogP contribution in [0.3, 0.4) is 0 Å². The number of phenolic OH excluding ortho intramolecular Hbond substituents is 1. The third-order valence-electron chi connectivity index (χ3n) is 5.23. The van der Waals surface area contributed by atoms with Gasteiger partial charge < -0.3 is 10.4 Å². The van der Waals surface area contributed by atoms with Gasteiger partial charge in [-0.25, -0.2) is 0 Å². The van der Waals surface area contributed by atoms with Crippen LogP contribution < -0.4 is 5.32 Å². The molecule has 0 spiro atoms. The van der Waals surface area contributed by atoms with Crippen molar-refractivity contribution in [2.75, 3.05) is 5.32 Å². The number of phenols is 1. The van der Waals surface area contributed by atoms with Crippen molar-refractivity contribution in [3.8, 4) is 5.75 Å². The maximum absolute atomic E-state index is 12.6. The quantitative estimate of drug-likeness (QED) is 0.876. The highest BCUT2D eigenvalue weighted by Gasteiger charge is 2.43. The maximum Gasteiger partial charge on any atom is 0.227 e. The second-order valence-electron chi connectivity index (χ2n) is 6.45. The predicted molar refractivity (Wildman–Crippen MR) is 83.2 cm³/mol. The number of hydrogen-bond acceptors (Lipinski definition) is 2. The monoisotopic (exact) mass is 281 g/mol. The molecule has 1 amide bonds. The normalized spacial score (nSPS) is 27.1. The van der Waals surface area contributed by atoms with Crippen LogP contribution in [0.15, 0.2) is 36.4 Å². The van der Waals surface area contributed by atoms with Crippen molar-refractivity contribution in [2.45, 2.75) is 25.7 Å². The molecule has 3 unspecified atom stereocenters. The molecular formula is C18H19NO2. The fourth-order valence-corrected chi connectivity index (χ4v) is 4.19. The highest BCUT2D eigenvalue weighted by atomic mass is 16.3. The Kier molecular flexibility index (Phi) is 2.88. The number of carbonyl (C=O) groups excluding carboxylic acids is 1. The highest BCUT2D eigenvalue weighted by molar-refractivity contribution is 6.04. The summed E-state index contributed by atoms with van der Waals surface area (Å²) in [6.07, 6.45) is 4.79. The molecule has 2 fully saturated rings. The van der Waals surface area contributed by atoms with Gasteiger partial charge in [0.25, 0.3) is 0 Å². The number of anilines is 1. The number of benzene rings is 2. The second kappa shape index (κ2) is 4.76. The zero-order chi connectivity index (χ0) is 14.4. The Morgan fingerprint density at radius 2 is 1.86 bits per heavy atom. The largest absolute Gasteiger partial charge is 0.507 e. The zero-order valence-electron chi connectivity index (χ0n) is 11.9. The number of amides is 1. The molecule has 4 rings (SSSR count). The Morgan fingerprint density at radius 1 is 1.05 bits per heavy atom. The van der Waals surface area contributed by atoms with Crippen molar-refractivity contribution in [1.29, 1.82) is 0 Å². The van der Waals surface area contributed by atoms with E-state index in [1.165, 1.54) is 19.3 Å². The lowest BCUT2D eigenvalue weighted by Gasteiger charge is -2.21. The standard InChI is InChI=1S/C18H19NO2/c20-17-6-2-3-13-14(17)4-1-5-16(13)19-18(21)15-10-11-7-8-12(15)9-11/h1-6,11-12,15,20H,7-10H2,(H,19,21). The van der Waals surface area contributed by atoms with Crippen LogP contribution in [0.2, 0.25) is 0 Å². The first-order chi connectivity index (χ1) is 10.2. The summed E-state index contributed by atoms with van der Waals surface area (Å²) >= 11 is 0. The summed E-state index contributed by atoms with van der Waals surface area (Å²) in [4.78, 5) is 12.6. The average molecular weight is 281 g/mol. The van der Waals surface area contributed by atoms with E-state index in [1.54, 1.807) is 6.07 Å². The van der Waals surface area contributed by atoms with Gasteiger partial charge in [-0.05, 0) is 43.2 Å². The lowest BCUT2D eigenvalue weighted by atomic mass is 9.88. The van der Waals surface area contributed by atoms with Crippen LogP contribution >= 0.6 is 0 Å². The van der Waals surface area contributed by atoms with E-state index in [0.717, 1.165) is 28.8 Å². The molecule has 2 aromatic carbocycles. The van der Waals surface area contributed by atoms with Gasteiger partial charge >= 0.3 is 0 Å². The highest BCUT2D eigenvalue weighted by Crippen LogP contribution is 2.48. The van der Waals surface area contributed by atoms with Crippen molar-refractivity contribution < 1.29 is 9.90 Å². The van der Waals surface area contributed by atoms with E-state index in [4.69, 9.17) is 0 Å². The first-order valence-corrected chi connectivity index (χ1v) is 7.74. The van der Waals surface area contributed by atoms with Gasteiger partial charge in [-0.2, -0.15) is 0 Å². The van der Waals surface area contributed by atoms with E-state index in [-0.39, 0.29) is 17.6 Å². The zero-order valence-corrected chi connectivity index (χ0v) is 11.9. The summed E-state index contributed by atoms with van der Waals surface area (Å²) in [6.45, 7) is 0. The second-order valence-corrected chi connectivity index (χ2v) is 6.45. The van der Waals surface area contributed by atoms with Crippen molar-refractivity contribution in [3.05, 3.63) is 36.4 Å². The van der Waals surface area contributed by atoms with Gasteiger partial charge in [-0.15, -0.1) is 0 Å². The number of carbonyl (C=O) groups is 1. The molecule has 2 aliphatic rings. The minimum Gasteiger partial charge on any atom is -0.507 e. The molecule has 3 nitrogen and oxygen atoms in total. The van der Waals surface area contributed by atoms with Gasteiger partial charge in [0.1, 0.15) is 5.75 Å². The number of hydrogen-bond donors (Lipinski definition) is 2. The van der Waals surface area contributed by atoms with Gasteiger partial charge in [-0.3, -0.25) is 4.79 Å². The summed E-state index contributed by atoms with van der Waals surface area (Å²) in [7, 11) is 0. The summed E-state index contributed by atoms with van der Waals surface area (Å²) in [6, 6.07) is 11.1. The van der Waals surface area contributed by atoms with Crippen LogP contribution in [-0.4, -0.2) is 11.0 Å². The molecule has 21 heavy (non-hydrogen) atoms. The van der Waals surface area contributed by atoms with Gasteiger partial charge in [0.15, 0.2) is 0 Å². The lowest BCUT2D eigenvalue weighted by Crippen LogP contribution is -2.27. The van der Waals surface area contributed by atoms with Gasteiger partial charge in [0.2, 0.25) is 5.91 Å². The molecule has 0 aliphatic heterocycles. The number of nitrogens with one attached hydrogen (secondary N) is 1. The van der Waals surface area contributed by atoms with E-state index < -0.39 is 0 Å². The fraction of sp³-hybridized carbons (Fsp3) is 0.389. The lowest BCUT2D eigenvalue weighted by molar-refractivity contribution is -0.121. The van der Waals surface area contributed by atoms with Crippen LogP contribution in [0, 0.1) is 17.8 Å². The molecule has 2 N–H and O–H groups in total. The topological polar surface area (TPSA) is 49.3 Å². The third-order valence-corrected chi connectivity index (χ3v) is 5.23. The van der Waals surface area contributed by atoms with E-state index in [9.17, 15) is 9.90 Å². The van der Waals surface area contributed by atoms with Gasteiger partial charge in [0, 0.05) is 22.4 Å². The molecule has 0 aromatic heterocycles. The van der Waals surface area contributed by atoms with Crippen LogP contribution in [0.1, 0.15) is 25.7 Å².